The molecule has 1 unspecified atom stereocenters. The van der Waals surface area contributed by atoms with Gasteiger partial charge >= 0.3 is 7.12 Å². The van der Waals surface area contributed by atoms with Gasteiger partial charge in [0, 0.05) is 7.11 Å². The van der Waals surface area contributed by atoms with Gasteiger partial charge in [-0.15, -0.1) is 0 Å². The van der Waals surface area contributed by atoms with E-state index in [0.717, 1.165) is 13.2 Å². The molecule has 2 N–H and O–H groups in total. The van der Waals surface area contributed by atoms with Gasteiger partial charge in [0.05, 0.1) is 0 Å². The molecule has 0 aromatic rings. The predicted octanol–water partition coefficient (Wildman–Crippen LogP) is 0.145. The summed E-state index contributed by atoms with van der Waals surface area (Å²) in [5.74, 6) is -3.19. The zero-order chi connectivity index (χ0) is 10.1. The Kier molecular flexibility index (Phi) is 2.85. The van der Waals surface area contributed by atoms with E-state index < -0.39 is 19.1 Å². The Balaban J connectivity index is 2.88. The second kappa shape index (κ2) is 3.57. The third-order valence-electron chi connectivity index (χ3n) is 1.75. The van der Waals surface area contributed by atoms with Crippen LogP contribution in [0.4, 0.5) is 8.78 Å². The van der Waals surface area contributed by atoms with Gasteiger partial charge in [0.2, 0.25) is 0 Å². The molecule has 0 amide bonds. The Morgan fingerprint density at radius 1 is 1.54 bits per heavy atom. The van der Waals surface area contributed by atoms with Crippen LogP contribution in [0.25, 0.3) is 0 Å². The maximum Gasteiger partial charge on any atom is 0.488 e. The van der Waals surface area contributed by atoms with E-state index in [1.807, 2.05) is 0 Å². The van der Waals surface area contributed by atoms with E-state index in [1.165, 1.54) is 6.08 Å². The maximum atomic E-state index is 13.0. The minimum Gasteiger partial charge on any atom is -0.423 e. The number of hydrogen-bond donors (Lipinski definition) is 2. The van der Waals surface area contributed by atoms with Crippen LogP contribution in [0, 0.1) is 0 Å². The van der Waals surface area contributed by atoms with Crippen molar-refractivity contribution in [1.82, 2.24) is 0 Å². The third-order valence-corrected chi connectivity index (χ3v) is 1.75. The van der Waals surface area contributed by atoms with Crippen molar-refractivity contribution in [3.8, 4) is 0 Å². The van der Waals surface area contributed by atoms with Crippen LogP contribution in [0.5, 0.6) is 0 Å². The number of methoxy groups -OCH3 is 1. The molecule has 1 aliphatic rings. The fraction of sp³-hybridized carbons (Fsp3) is 0.429. The Labute approximate surface area is 74.5 Å². The Hall–Kier alpha value is -0.715. The highest BCUT2D eigenvalue weighted by atomic mass is 19.3. The van der Waals surface area contributed by atoms with E-state index in [1.54, 1.807) is 0 Å². The molecule has 0 saturated heterocycles. The smallest absolute Gasteiger partial charge is 0.423 e. The third kappa shape index (κ3) is 2.15. The molecule has 1 atom stereocenters. The first-order valence-electron chi connectivity index (χ1n) is 3.65. The van der Waals surface area contributed by atoms with Crippen LogP contribution < -0.4 is 0 Å². The molecule has 3 nitrogen and oxygen atoms in total. The zero-order valence-electron chi connectivity index (χ0n) is 6.95. The summed E-state index contributed by atoms with van der Waals surface area (Å²) in [7, 11) is -0.711. The second-order valence-corrected chi connectivity index (χ2v) is 2.71. The number of alkyl halides is 2. The average Bonchev–Trinajstić information content (AvgIpc) is 2.02. The van der Waals surface area contributed by atoms with Gasteiger partial charge in [-0.25, -0.2) is 0 Å². The largest absolute Gasteiger partial charge is 0.488 e. The lowest BCUT2D eigenvalue weighted by atomic mass is 9.76. The lowest BCUT2D eigenvalue weighted by Gasteiger charge is -2.24. The summed E-state index contributed by atoms with van der Waals surface area (Å²) in [5.41, 5.74) is -0.224. The number of allylic oxidation sites excluding steroid dienone is 2. The van der Waals surface area contributed by atoms with E-state index in [-0.39, 0.29) is 5.47 Å². The molecular weight excluding hydrogens is 181 g/mol. The maximum absolute atomic E-state index is 13.0. The van der Waals surface area contributed by atoms with Gasteiger partial charge in [0.25, 0.3) is 5.92 Å². The van der Waals surface area contributed by atoms with Gasteiger partial charge in [-0.05, 0) is 17.6 Å². The van der Waals surface area contributed by atoms with Gasteiger partial charge < -0.3 is 14.8 Å². The van der Waals surface area contributed by atoms with Gasteiger partial charge in [0.1, 0.15) is 6.10 Å². The van der Waals surface area contributed by atoms with Crippen LogP contribution >= 0.6 is 0 Å². The highest BCUT2D eigenvalue weighted by Gasteiger charge is 2.39. The SMILES string of the molecule is COC1C=CC(B(O)O)=CC1(F)F. The first-order chi connectivity index (χ1) is 5.97. The number of halogens is 2. The molecule has 0 aliphatic heterocycles. The molecule has 0 radical (unpaired) electrons. The van der Waals surface area contributed by atoms with Crippen molar-refractivity contribution in [1.29, 1.82) is 0 Å². The molecule has 1 rings (SSSR count). The molecule has 72 valence electrons. The Bertz CT molecular complexity index is 250. The summed E-state index contributed by atoms with van der Waals surface area (Å²) < 4.78 is 30.5. The van der Waals surface area contributed by atoms with Crippen molar-refractivity contribution in [3.05, 3.63) is 23.7 Å². The van der Waals surface area contributed by atoms with Crippen LogP contribution in [-0.4, -0.2) is 36.3 Å². The summed E-state index contributed by atoms with van der Waals surface area (Å²) >= 11 is 0. The molecule has 6 heteroatoms. The van der Waals surface area contributed by atoms with Crippen molar-refractivity contribution in [2.45, 2.75) is 12.0 Å². The Morgan fingerprint density at radius 3 is 2.54 bits per heavy atom. The van der Waals surface area contributed by atoms with Crippen LogP contribution in [-0.2, 0) is 4.74 Å². The normalized spacial score (nSPS) is 25.6. The molecular formula is C7H9BF2O3. The molecule has 0 spiro atoms. The highest BCUT2D eigenvalue weighted by Crippen LogP contribution is 2.29. The molecule has 0 bridgehead atoms. The average molecular weight is 190 g/mol. The van der Waals surface area contributed by atoms with E-state index in [4.69, 9.17) is 10.0 Å². The molecule has 1 aliphatic carbocycles. The topological polar surface area (TPSA) is 49.7 Å². The van der Waals surface area contributed by atoms with Crippen LogP contribution in [0.15, 0.2) is 23.7 Å². The number of rotatable bonds is 2. The van der Waals surface area contributed by atoms with Crippen molar-refractivity contribution in [2.75, 3.05) is 7.11 Å². The molecule has 0 aromatic carbocycles. The van der Waals surface area contributed by atoms with Crippen LogP contribution in [0.3, 0.4) is 0 Å². The molecule has 0 heterocycles. The Morgan fingerprint density at radius 2 is 2.15 bits per heavy atom. The highest BCUT2D eigenvalue weighted by molar-refractivity contribution is 6.51. The van der Waals surface area contributed by atoms with Crippen molar-refractivity contribution < 1.29 is 23.6 Å². The zero-order valence-corrected chi connectivity index (χ0v) is 6.95. The predicted molar refractivity (Wildman–Crippen MR) is 43.2 cm³/mol. The minimum atomic E-state index is -3.19. The summed E-state index contributed by atoms with van der Waals surface area (Å²) in [5, 5.41) is 17.3. The first kappa shape index (κ1) is 10.4. The first-order valence-corrected chi connectivity index (χ1v) is 3.65. The number of hydrogen-bond acceptors (Lipinski definition) is 3. The summed E-state index contributed by atoms with van der Waals surface area (Å²) in [6.07, 6.45) is 1.45. The van der Waals surface area contributed by atoms with E-state index in [9.17, 15) is 8.78 Å². The lowest BCUT2D eigenvalue weighted by Crippen LogP contribution is -2.35. The number of ether oxygens (including phenoxy) is 1. The molecule has 13 heavy (non-hydrogen) atoms. The van der Waals surface area contributed by atoms with Crippen LogP contribution in [0.1, 0.15) is 0 Å². The monoisotopic (exact) mass is 190 g/mol. The fourth-order valence-electron chi connectivity index (χ4n) is 1.08. The molecule has 0 aromatic heterocycles. The summed E-state index contributed by atoms with van der Waals surface area (Å²) in [6.45, 7) is 0. The van der Waals surface area contributed by atoms with Gasteiger partial charge in [-0.2, -0.15) is 8.78 Å². The second-order valence-electron chi connectivity index (χ2n) is 2.71. The van der Waals surface area contributed by atoms with E-state index >= 15 is 0 Å². The van der Waals surface area contributed by atoms with Crippen molar-refractivity contribution >= 4 is 7.12 Å². The van der Waals surface area contributed by atoms with Gasteiger partial charge in [0.15, 0.2) is 0 Å². The van der Waals surface area contributed by atoms with Crippen molar-refractivity contribution in [3.63, 3.8) is 0 Å². The fourth-order valence-corrected chi connectivity index (χ4v) is 1.08. The quantitative estimate of drug-likeness (QED) is 0.609. The van der Waals surface area contributed by atoms with Crippen molar-refractivity contribution in [2.24, 2.45) is 0 Å². The van der Waals surface area contributed by atoms with E-state index in [0.29, 0.717) is 6.08 Å². The van der Waals surface area contributed by atoms with E-state index in [2.05, 4.69) is 4.74 Å². The molecule has 0 saturated carbocycles. The standard InChI is InChI=1S/C7H9BF2O3/c1-13-6-3-2-5(8(11)12)4-7(6,9)10/h2-4,6,11-12H,1H3. The van der Waals surface area contributed by atoms with Crippen LogP contribution in [0.2, 0.25) is 0 Å². The molecule has 0 fully saturated rings. The lowest BCUT2D eigenvalue weighted by molar-refractivity contribution is -0.0664. The summed E-state index contributed by atoms with van der Waals surface area (Å²) in [6, 6.07) is 0. The minimum absolute atomic E-state index is 0.224. The van der Waals surface area contributed by atoms with Gasteiger partial charge in [-0.1, -0.05) is 6.08 Å². The van der Waals surface area contributed by atoms with Gasteiger partial charge in [-0.3, -0.25) is 0 Å². The summed E-state index contributed by atoms with van der Waals surface area (Å²) in [4.78, 5) is 0.